The maximum Gasteiger partial charge on any atom is 0.278 e. The van der Waals surface area contributed by atoms with Crippen LogP contribution in [0.25, 0.3) is 5.57 Å². The van der Waals surface area contributed by atoms with Gasteiger partial charge in [0.15, 0.2) is 0 Å². The van der Waals surface area contributed by atoms with Crippen molar-refractivity contribution < 1.29 is 9.59 Å². The Kier molecular flexibility index (Phi) is 4.44. The highest BCUT2D eigenvalue weighted by molar-refractivity contribution is 6.36. The van der Waals surface area contributed by atoms with Crippen molar-refractivity contribution in [2.24, 2.45) is 0 Å². The molecule has 4 nitrogen and oxygen atoms in total. The van der Waals surface area contributed by atoms with Gasteiger partial charge in [0.05, 0.1) is 5.57 Å². The maximum absolute atomic E-state index is 12.9. The van der Waals surface area contributed by atoms with Gasteiger partial charge in [0.2, 0.25) is 0 Å². The number of nitrogens with zero attached hydrogens (tertiary/aromatic N) is 2. The predicted molar refractivity (Wildman–Crippen MR) is 90.8 cm³/mol. The zero-order valence-corrected chi connectivity index (χ0v) is 14.3. The van der Waals surface area contributed by atoms with Crippen LogP contribution in [0.15, 0.2) is 30.0 Å². The molecule has 23 heavy (non-hydrogen) atoms. The molecule has 0 aliphatic carbocycles. The minimum Gasteiger partial charge on any atom is -0.366 e. The molecule has 1 saturated heterocycles. The van der Waals surface area contributed by atoms with E-state index in [1.54, 1.807) is 12.1 Å². The van der Waals surface area contributed by atoms with Crippen LogP contribution in [0.3, 0.4) is 0 Å². The zero-order valence-electron chi connectivity index (χ0n) is 13.5. The molecule has 1 aromatic carbocycles. The smallest absolute Gasteiger partial charge is 0.278 e. The second kappa shape index (κ2) is 6.36. The van der Waals surface area contributed by atoms with Crippen molar-refractivity contribution in [1.29, 1.82) is 0 Å². The third-order valence-corrected chi connectivity index (χ3v) is 4.66. The normalized spacial score (nSPS) is 19.3. The summed E-state index contributed by atoms with van der Waals surface area (Å²) in [5.41, 5.74) is 1.84. The fourth-order valence-corrected chi connectivity index (χ4v) is 3.42. The van der Waals surface area contributed by atoms with Gasteiger partial charge in [-0.3, -0.25) is 14.5 Å². The Labute approximate surface area is 141 Å². The minimum absolute atomic E-state index is 0.153. The van der Waals surface area contributed by atoms with Crippen molar-refractivity contribution in [3.05, 3.63) is 40.5 Å². The molecule has 0 atom stereocenters. The Morgan fingerprint density at radius 1 is 0.957 bits per heavy atom. The first-order valence-electron chi connectivity index (χ1n) is 8.13. The number of carbonyl (C=O) groups is 2. The van der Waals surface area contributed by atoms with Crippen LogP contribution in [0.1, 0.15) is 38.7 Å². The van der Waals surface area contributed by atoms with Crippen molar-refractivity contribution in [2.75, 3.05) is 13.1 Å². The van der Waals surface area contributed by atoms with Crippen LogP contribution in [0.4, 0.5) is 0 Å². The van der Waals surface area contributed by atoms with Crippen LogP contribution in [-0.2, 0) is 9.59 Å². The first kappa shape index (κ1) is 16.1. The Hall–Kier alpha value is -1.81. The highest BCUT2D eigenvalue weighted by Crippen LogP contribution is 2.34. The van der Waals surface area contributed by atoms with E-state index in [4.69, 9.17) is 11.6 Å². The fourth-order valence-electron chi connectivity index (χ4n) is 3.29. The standard InChI is InChI=1S/C18H21ClN2O2/c1-12(2)21-17(22)15(13-6-8-14(19)9-7-13)16(18(21)23)20-10-4-3-5-11-20/h6-9,12H,3-5,10-11H2,1-2H3. The number of hydrogen-bond donors (Lipinski definition) is 0. The lowest BCUT2D eigenvalue weighted by atomic mass is 10.0. The summed E-state index contributed by atoms with van der Waals surface area (Å²) in [6.45, 7) is 5.40. The van der Waals surface area contributed by atoms with E-state index in [-0.39, 0.29) is 17.9 Å². The number of rotatable bonds is 3. The molecule has 0 aromatic heterocycles. The van der Waals surface area contributed by atoms with Gasteiger partial charge in [0.25, 0.3) is 11.8 Å². The van der Waals surface area contributed by atoms with Crippen molar-refractivity contribution in [1.82, 2.24) is 9.80 Å². The monoisotopic (exact) mass is 332 g/mol. The van der Waals surface area contributed by atoms with Gasteiger partial charge in [0, 0.05) is 24.2 Å². The van der Waals surface area contributed by atoms with Gasteiger partial charge in [-0.25, -0.2) is 0 Å². The van der Waals surface area contributed by atoms with Gasteiger partial charge in [-0.05, 0) is 50.8 Å². The summed E-state index contributed by atoms with van der Waals surface area (Å²) in [4.78, 5) is 29.2. The summed E-state index contributed by atoms with van der Waals surface area (Å²) in [6.07, 6.45) is 3.29. The number of piperidine rings is 1. The minimum atomic E-state index is -0.201. The van der Waals surface area contributed by atoms with Gasteiger partial charge >= 0.3 is 0 Å². The van der Waals surface area contributed by atoms with E-state index in [9.17, 15) is 9.59 Å². The molecular weight excluding hydrogens is 312 g/mol. The van der Waals surface area contributed by atoms with Crippen LogP contribution in [0.2, 0.25) is 5.02 Å². The Morgan fingerprint density at radius 2 is 1.57 bits per heavy atom. The van der Waals surface area contributed by atoms with Crippen LogP contribution in [0, 0.1) is 0 Å². The van der Waals surface area contributed by atoms with Gasteiger partial charge in [-0.1, -0.05) is 23.7 Å². The molecule has 1 aromatic rings. The fraction of sp³-hybridized carbons (Fsp3) is 0.444. The Balaban J connectivity index is 2.10. The highest BCUT2D eigenvalue weighted by atomic mass is 35.5. The molecule has 2 heterocycles. The van der Waals surface area contributed by atoms with E-state index in [1.165, 1.54) is 11.3 Å². The summed E-state index contributed by atoms with van der Waals surface area (Å²) < 4.78 is 0. The van der Waals surface area contributed by atoms with E-state index in [0.717, 1.165) is 31.5 Å². The molecule has 2 aliphatic rings. The van der Waals surface area contributed by atoms with E-state index >= 15 is 0 Å². The molecule has 2 amide bonds. The molecule has 0 radical (unpaired) electrons. The third kappa shape index (κ3) is 2.88. The zero-order chi connectivity index (χ0) is 16.6. The average molecular weight is 333 g/mol. The largest absolute Gasteiger partial charge is 0.366 e. The third-order valence-electron chi connectivity index (χ3n) is 4.41. The predicted octanol–water partition coefficient (Wildman–Crippen LogP) is 3.31. The van der Waals surface area contributed by atoms with Crippen molar-refractivity contribution in [3.63, 3.8) is 0 Å². The molecule has 2 aliphatic heterocycles. The summed E-state index contributed by atoms with van der Waals surface area (Å²) in [6, 6.07) is 6.99. The quantitative estimate of drug-likeness (QED) is 0.797. The van der Waals surface area contributed by atoms with Crippen molar-refractivity contribution >= 4 is 29.0 Å². The van der Waals surface area contributed by atoms with Gasteiger partial charge < -0.3 is 4.90 Å². The summed E-state index contributed by atoms with van der Waals surface area (Å²) in [7, 11) is 0. The van der Waals surface area contributed by atoms with E-state index in [2.05, 4.69) is 4.90 Å². The van der Waals surface area contributed by atoms with Gasteiger partial charge in [-0.2, -0.15) is 0 Å². The number of imide groups is 1. The van der Waals surface area contributed by atoms with Crippen LogP contribution in [-0.4, -0.2) is 40.7 Å². The lowest BCUT2D eigenvalue weighted by Crippen LogP contribution is -2.40. The molecule has 0 N–H and O–H groups in total. The number of halogens is 1. The summed E-state index contributed by atoms with van der Waals surface area (Å²) >= 11 is 5.96. The van der Waals surface area contributed by atoms with Crippen molar-refractivity contribution in [3.8, 4) is 0 Å². The number of likely N-dealkylation sites (tertiary alicyclic amines) is 1. The highest BCUT2D eigenvalue weighted by Gasteiger charge is 2.42. The molecule has 122 valence electrons. The van der Waals surface area contributed by atoms with Gasteiger partial charge in [0.1, 0.15) is 5.70 Å². The summed E-state index contributed by atoms with van der Waals surface area (Å²) in [5.74, 6) is -0.371. The molecule has 0 unspecified atom stereocenters. The molecule has 3 rings (SSSR count). The second-order valence-electron chi connectivity index (χ2n) is 6.35. The Bertz CT molecular complexity index is 658. The SMILES string of the molecule is CC(C)N1C(=O)C(c2ccc(Cl)cc2)=C(N2CCCCC2)C1=O. The van der Waals surface area contributed by atoms with Crippen molar-refractivity contribution in [2.45, 2.75) is 39.2 Å². The maximum atomic E-state index is 12.9. The topological polar surface area (TPSA) is 40.6 Å². The number of benzene rings is 1. The molecule has 0 saturated carbocycles. The molecular formula is C18H21ClN2O2. The number of hydrogen-bond acceptors (Lipinski definition) is 3. The number of amides is 2. The average Bonchev–Trinajstić information content (AvgIpc) is 2.80. The molecule has 5 heteroatoms. The molecule has 1 fully saturated rings. The lowest BCUT2D eigenvalue weighted by Gasteiger charge is -2.30. The van der Waals surface area contributed by atoms with Gasteiger partial charge in [-0.15, -0.1) is 0 Å². The number of carbonyl (C=O) groups excluding carboxylic acids is 2. The van der Waals surface area contributed by atoms with E-state index in [1.807, 2.05) is 26.0 Å². The van der Waals surface area contributed by atoms with E-state index < -0.39 is 0 Å². The van der Waals surface area contributed by atoms with E-state index in [0.29, 0.717) is 16.3 Å². The van der Waals surface area contributed by atoms with Crippen LogP contribution >= 0.6 is 11.6 Å². The first-order chi connectivity index (χ1) is 11.0. The lowest BCUT2D eigenvalue weighted by molar-refractivity contribution is -0.139. The second-order valence-corrected chi connectivity index (χ2v) is 6.79. The first-order valence-corrected chi connectivity index (χ1v) is 8.51. The summed E-state index contributed by atoms with van der Waals surface area (Å²) in [5, 5.41) is 0.617. The van der Waals surface area contributed by atoms with Crippen LogP contribution < -0.4 is 0 Å². The Morgan fingerprint density at radius 3 is 2.13 bits per heavy atom. The van der Waals surface area contributed by atoms with Crippen LogP contribution in [0.5, 0.6) is 0 Å². The molecule has 0 spiro atoms. The molecule has 0 bridgehead atoms.